The fourth-order valence-electron chi connectivity index (χ4n) is 2.51. The van der Waals surface area contributed by atoms with Crippen molar-refractivity contribution in [3.63, 3.8) is 0 Å². The van der Waals surface area contributed by atoms with Crippen LogP contribution >= 0.6 is 0 Å². The summed E-state index contributed by atoms with van der Waals surface area (Å²) in [6.45, 7) is 10.4. The first kappa shape index (κ1) is 13.0. The summed E-state index contributed by atoms with van der Waals surface area (Å²) in [5.41, 5.74) is 0. The Balaban J connectivity index is 1.87. The van der Waals surface area contributed by atoms with Gasteiger partial charge in [-0.25, -0.2) is 0 Å². The van der Waals surface area contributed by atoms with Gasteiger partial charge in [0.1, 0.15) is 0 Å². The Morgan fingerprint density at radius 1 is 1.07 bits per heavy atom. The molecule has 1 saturated carbocycles. The van der Waals surface area contributed by atoms with Gasteiger partial charge in [0.05, 0.1) is 0 Å². The average molecular weight is 212 g/mol. The molecular formula is C13H28N2. The first-order chi connectivity index (χ1) is 7.36. The minimum absolute atomic E-state index is 1.03. The van der Waals surface area contributed by atoms with Crippen molar-refractivity contribution in [2.75, 3.05) is 32.7 Å². The van der Waals surface area contributed by atoms with Gasteiger partial charge >= 0.3 is 0 Å². The highest BCUT2D eigenvalue weighted by atomic mass is 15.1. The van der Waals surface area contributed by atoms with Crippen molar-refractivity contribution >= 4 is 0 Å². The van der Waals surface area contributed by atoms with E-state index in [0.717, 1.165) is 12.5 Å². The maximum Gasteiger partial charge on any atom is 0.0107 e. The monoisotopic (exact) mass is 212 g/mol. The van der Waals surface area contributed by atoms with Crippen LogP contribution in [0, 0.1) is 5.92 Å². The van der Waals surface area contributed by atoms with E-state index in [1.165, 1.54) is 58.3 Å². The van der Waals surface area contributed by atoms with Crippen LogP contribution < -0.4 is 5.32 Å². The van der Waals surface area contributed by atoms with Crippen molar-refractivity contribution in [2.24, 2.45) is 5.92 Å². The minimum Gasteiger partial charge on any atom is -0.315 e. The van der Waals surface area contributed by atoms with Crippen molar-refractivity contribution in [3.05, 3.63) is 0 Å². The zero-order valence-corrected chi connectivity index (χ0v) is 10.6. The molecule has 0 unspecified atom stereocenters. The highest BCUT2D eigenvalue weighted by Crippen LogP contribution is 2.26. The van der Waals surface area contributed by atoms with Gasteiger partial charge in [-0.05, 0) is 32.0 Å². The smallest absolute Gasteiger partial charge is 0.0107 e. The molecule has 1 rings (SSSR count). The van der Waals surface area contributed by atoms with Crippen molar-refractivity contribution in [2.45, 2.75) is 46.0 Å². The molecule has 0 aromatic heterocycles. The van der Waals surface area contributed by atoms with Gasteiger partial charge in [0, 0.05) is 13.1 Å². The molecule has 0 bridgehead atoms. The highest BCUT2D eigenvalue weighted by Gasteiger charge is 2.13. The van der Waals surface area contributed by atoms with Gasteiger partial charge in [-0.3, -0.25) is 0 Å². The van der Waals surface area contributed by atoms with E-state index in [9.17, 15) is 0 Å². The minimum atomic E-state index is 1.03. The second-order valence-electron chi connectivity index (χ2n) is 4.72. The van der Waals surface area contributed by atoms with Gasteiger partial charge in [-0.15, -0.1) is 0 Å². The molecule has 0 spiro atoms. The zero-order valence-electron chi connectivity index (χ0n) is 10.6. The molecule has 0 amide bonds. The molecular weight excluding hydrogens is 184 g/mol. The quantitative estimate of drug-likeness (QED) is 0.622. The highest BCUT2D eigenvalue weighted by molar-refractivity contribution is 4.68. The lowest BCUT2D eigenvalue weighted by Crippen LogP contribution is -2.32. The van der Waals surface area contributed by atoms with Crippen molar-refractivity contribution < 1.29 is 0 Å². The molecule has 0 aliphatic heterocycles. The van der Waals surface area contributed by atoms with E-state index in [-0.39, 0.29) is 0 Å². The van der Waals surface area contributed by atoms with Gasteiger partial charge in [-0.2, -0.15) is 0 Å². The van der Waals surface area contributed by atoms with Crippen LogP contribution in [0.15, 0.2) is 0 Å². The fraction of sp³-hybridized carbons (Fsp3) is 1.00. The third kappa shape index (κ3) is 5.53. The van der Waals surface area contributed by atoms with Gasteiger partial charge in [0.25, 0.3) is 0 Å². The number of hydrogen-bond acceptors (Lipinski definition) is 2. The van der Waals surface area contributed by atoms with E-state index in [4.69, 9.17) is 0 Å². The topological polar surface area (TPSA) is 15.3 Å². The summed E-state index contributed by atoms with van der Waals surface area (Å²) in [6.07, 6.45) is 7.32. The van der Waals surface area contributed by atoms with Gasteiger partial charge in [-0.1, -0.05) is 39.5 Å². The Hall–Kier alpha value is -0.0800. The summed E-state index contributed by atoms with van der Waals surface area (Å²) in [5.74, 6) is 1.03. The Kier molecular flexibility index (Phi) is 7.03. The fourth-order valence-corrected chi connectivity index (χ4v) is 2.51. The number of rotatable bonds is 8. The van der Waals surface area contributed by atoms with Crippen LogP contribution in [0.5, 0.6) is 0 Å². The molecule has 0 aromatic rings. The molecule has 1 fully saturated rings. The van der Waals surface area contributed by atoms with Crippen LogP contribution in [0.3, 0.4) is 0 Å². The first-order valence-corrected chi connectivity index (χ1v) is 6.79. The van der Waals surface area contributed by atoms with Gasteiger partial charge in [0.15, 0.2) is 0 Å². The Labute approximate surface area is 95.4 Å². The number of hydrogen-bond donors (Lipinski definition) is 1. The molecule has 1 aliphatic carbocycles. The SMILES string of the molecule is CCN(CC)CCNCCC1CCCC1. The lowest BCUT2D eigenvalue weighted by molar-refractivity contribution is 0.301. The second kappa shape index (κ2) is 8.12. The van der Waals surface area contributed by atoms with Crippen molar-refractivity contribution in [1.29, 1.82) is 0 Å². The average Bonchev–Trinajstić information content (AvgIpc) is 2.76. The molecule has 0 aromatic carbocycles. The Morgan fingerprint density at radius 3 is 2.33 bits per heavy atom. The molecule has 0 heterocycles. The largest absolute Gasteiger partial charge is 0.315 e. The maximum atomic E-state index is 3.57. The van der Waals surface area contributed by atoms with E-state index in [2.05, 4.69) is 24.1 Å². The Bertz CT molecular complexity index is 133. The van der Waals surface area contributed by atoms with Crippen molar-refractivity contribution in [1.82, 2.24) is 10.2 Å². The molecule has 1 aliphatic rings. The molecule has 15 heavy (non-hydrogen) atoms. The van der Waals surface area contributed by atoms with E-state index in [0.29, 0.717) is 0 Å². The normalized spacial score (nSPS) is 17.8. The van der Waals surface area contributed by atoms with Gasteiger partial charge in [0.2, 0.25) is 0 Å². The molecule has 2 nitrogen and oxygen atoms in total. The number of likely N-dealkylation sites (N-methyl/N-ethyl adjacent to an activating group) is 1. The van der Waals surface area contributed by atoms with Gasteiger partial charge < -0.3 is 10.2 Å². The van der Waals surface area contributed by atoms with Crippen LogP contribution in [0.2, 0.25) is 0 Å². The number of nitrogens with one attached hydrogen (secondary N) is 1. The van der Waals surface area contributed by atoms with Crippen LogP contribution in [0.4, 0.5) is 0 Å². The summed E-state index contributed by atoms with van der Waals surface area (Å²) in [7, 11) is 0. The zero-order chi connectivity index (χ0) is 10.9. The maximum absolute atomic E-state index is 3.57. The lowest BCUT2D eigenvalue weighted by Gasteiger charge is -2.18. The summed E-state index contributed by atoms with van der Waals surface area (Å²) >= 11 is 0. The summed E-state index contributed by atoms with van der Waals surface area (Å²) in [4.78, 5) is 2.47. The summed E-state index contributed by atoms with van der Waals surface area (Å²) < 4.78 is 0. The molecule has 1 N–H and O–H groups in total. The number of nitrogens with zero attached hydrogens (tertiary/aromatic N) is 1. The Morgan fingerprint density at radius 2 is 1.73 bits per heavy atom. The van der Waals surface area contributed by atoms with E-state index in [1.807, 2.05) is 0 Å². The molecule has 0 radical (unpaired) electrons. The van der Waals surface area contributed by atoms with E-state index >= 15 is 0 Å². The van der Waals surface area contributed by atoms with Crippen LogP contribution in [0.25, 0.3) is 0 Å². The van der Waals surface area contributed by atoms with E-state index in [1.54, 1.807) is 0 Å². The van der Waals surface area contributed by atoms with Crippen LogP contribution in [-0.2, 0) is 0 Å². The molecule has 0 atom stereocenters. The predicted molar refractivity (Wildman–Crippen MR) is 67.2 cm³/mol. The summed E-state index contributed by atoms with van der Waals surface area (Å²) in [5, 5.41) is 3.57. The third-order valence-electron chi connectivity index (χ3n) is 3.70. The first-order valence-electron chi connectivity index (χ1n) is 6.79. The predicted octanol–water partition coefficient (Wildman–Crippen LogP) is 2.50. The molecule has 2 heteroatoms. The van der Waals surface area contributed by atoms with E-state index < -0.39 is 0 Å². The lowest BCUT2D eigenvalue weighted by atomic mass is 10.0. The summed E-state index contributed by atoms with van der Waals surface area (Å²) in [6, 6.07) is 0. The van der Waals surface area contributed by atoms with Crippen LogP contribution in [0.1, 0.15) is 46.0 Å². The van der Waals surface area contributed by atoms with Crippen molar-refractivity contribution in [3.8, 4) is 0 Å². The van der Waals surface area contributed by atoms with Crippen LogP contribution in [-0.4, -0.2) is 37.6 Å². The molecule has 90 valence electrons. The molecule has 0 saturated heterocycles. The third-order valence-corrected chi connectivity index (χ3v) is 3.70. The second-order valence-corrected chi connectivity index (χ2v) is 4.72. The standard InChI is InChI=1S/C13H28N2/c1-3-15(4-2)12-11-14-10-9-13-7-5-6-8-13/h13-14H,3-12H2,1-2H3.